The third-order valence-corrected chi connectivity index (χ3v) is 11.2. The van der Waals surface area contributed by atoms with Crippen molar-refractivity contribution in [1.82, 2.24) is 0 Å². The zero-order chi connectivity index (χ0) is 48.6. The lowest BCUT2D eigenvalue weighted by Gasteiger charge is -2.18. The highest BCUT2D eigenvalue weighted by Crippen LogP contribution is 2.13. The molecule has 0 aromatic heterocycles. The molecule has 1 atom stereocenters. The molecule has 0 bridgehead atoms. The second-order valence-corrected chi connectivity index (χ2v) is 17.7. The van der Waals surface area contributed by atoms with E-state index in [9.17, 15) is 14.4 Å². The van der Waals surface area contributed by atoms with Crippen molar-refractivity contribution in [3.8, 4) is 0 Å². The number of carbonyl (C=O) groups excluding carboxylic acids is 3. The lowest BCUT2D eigenvalue weighted by atomic mass is 10.1. The van der Waals surface area contributed by atoms with Crippen molar-refractivity contribution in [3.63, 3.8) is 0 Å². The Kier molecular flexibility index (Phi) is 51.5. The number of rotatable bonds is 48. The summed E-state index contributed by atoms with van der Waals surface area (Å²) in [7, 11) is 0. The van der Waals surface area contributed by atoms with Gasteiger partial charge in [-0.1, -0.05) is 207 Å². The van der Waals surface area contributed by atoms with Gasteiger partial charge in [0.15, 0.2) is 6.10 Å². The smallest absolute Gasteiger partial charge is 0.306 e. The van der Waals surface area contributed by atoms with Gasteiger partial charge < -0.3 is 14.2 Å². The average Bonchev–Trinajstić information content (AvgIpc) is 3.33. The summed E-state index contributed by atoms with van der Waals surface area (Å²) in [5.74, 6) is -0.979. The summed E-state index contributed by atoms with van der Waals surface area (Å²) in [4.78, 5) is 38.1. The SMILES string of the molecule is CC/C=C\C/C=C\C/C=C\C/C=C\CCCCCCC(=O)O[C@H](COC(=O)CCCC/C=C\C/C=C\C/C=C\C/C=C\CC)COC(=O)CCCCCCCCC/C=C\CCCCCCCC. The Morgan fingerprint density at radius 3 is 0.955 bits per heavy atom. The monoisotopic (exact) mass is 929 g/mol. The summed E-state index contributed by atoms with van der Waals surface area (Å²) in [5, 5.41) is 0. The third-order valence-electron chi connectivity index (χ3n) is 11.2. The fourth-order valence-electron chi connectivity index (χ4n) is 7.18. The van der Waals surface area contributed by atoms with E-state index in [0.717, 1.165) is 116 Å². The Morgan fingerprint density at radius 1 is 0.313 bits per heavy atom. The Morgan fingerprint density at radius 2 is 0.582 bits per heavy atom. The summed E-state index contributed by atoms with van der Waals surface area (Å²) in [6.45, 7) is 6.34. The van der Waals surface area contributed by atoms with Crippen molar-refractivity contribution >= 4 is 17.9 Å². The van der Waals surface area contributed by atoms with Gasteiger partial charge in [0.1, 0.15) is 13.2 Å². The Bertz CT molecular complexity index is 1390. The lowest BCUT2D eigenvalue weighted by Crippen LogP contribution is -2.30. The molecule has 380 valence electrons. The summed E-state index contributed by atoms with van der Waals surface area (Å²) < 4.78 is 16.8. The van der Waals surface area contributed by atoms with Gasteiger partial charge in [0.2, 0.25) is 0 Å². The molecule has 0 radical (unpaired) electrons. The molecular weight excluding hydrogens is 829 g/mol. The Labute approximate surface area is 412 Å². The maximum atomic E-state index is 12.8. The van der Waals surface area contributed by atoms with Crippen LogP contribution >= 0.6 is 0 Å². The topological polar surface area (TPSA) is 78.9 Å². The molecule has 0 amide bonds. The summed E-state index contributed by atoms with van der Waals surface area (Å²) in [6, 6.07) is 0. The highest BCUT2D eigenvalue weighted by molar-refractivity contribution is 5.71. The normalized spacial score (nSPS) is 12.9. The van der Waals surface area contributed by atoms with Gasteiger partial charge in [0, 0.05) is 19.3 Å². The quantitative estimate of drug-likeness (QED) is 0.0262. The summed E-state index contributed by atoms with van der Waals surface area (Å²) >= 11 is 0. The van der Waals surface area contributed by atoms with Crippen LogP contribution in [0.1, 0.15) is 239 Å². The number of unbranched alkanes of at least 4 members (excludes halogenated alkanes) is 19. The van der Waals surface area contributed by atoms with E-state index in [1.54, 1.807) is 0 Å². The van der Waals surface area contributed by atoms with Crippen LogP contribution < -0.4 is 0 Å². The minimum atomic E-state index is -0.812. The molecule has 0 unspecified atom stereocenters. The molecule has 6 heteroatoms. The summed E-state index contributed by atoms with van der Waals surface area (Å²) in [5.41, 5.74) is 0. The van der Waals surface area contributed by atoms with Crippen molar-refractivity contribution < 1.29 is 28.6 Å². The van der Waals surface area contributed by atoms with Crippen LogP contribution in [0.2, 0.25) is 0 Å². The highest BCUT2D eigenvalue weighted by atomic mass is 16.6. The molecule has 6 nitrogen and oxygen atoms in total. The molecule has 0 saturated carbocycles. The van der Waals surface area contributed by atoms with Crippen LogP contribution in [0.5, 0.6) is 0 Å². The third kappa shape index (κ3) is 52.9. The van der Waals surface area contributed by atoms with Crippen LogP contribution in [0, 0.1) is 0 Å². The molecule has 0 aromatic carbocycles. The minimum Gasteiger partial charge on any atom is -0.462 e. The molecule has 0 spiro atoms. The van der Waals surface area contributed by atoms with Crippen molar-refractivity contribution in [3.05, 3.63) is 109 Å². The number of ether oxygens (including phenoxy) is 3. The van der Waals surface area contributed by atoms with Gasteiger partial charge in [0.25, 0.3) is 0 Å². The Hall–Kier alpha value is -3.93. The molecule has 0 N–H and O–H groups in total. The van der Waals surface area contributed by atoms with E-state index in [-0.39, 0.29) is 37.5 Å². The first-order valence-corrected chi connectivity index (χ1v) is 27.4. The van der Waals surface area contributed by atoms with Gasteiger partial charge >= 0.3 is 17.9 Å². The van der Waals surface area contributed by atoms with Crippen LogP contribution in [0.3, 0.4) is 0 Å². The number of hydrogen-bond donors (Lipinski definition) is 0. The highest BCUT2D eigenvalue weighted by Gasteiger charge is 2.19. The summed E-state index contributed by atoms with van der Waals surface area (Å²) in [6.07, 6.45) is 73.6. The van der Waals surface area contributed by atoms with Crippen LogP contribution in [0.15, 0.2) is 109 Å². The van der Waals surface area contributed by atoms with Crippen LogP contribution in [-0.2, 0) is 28.6 Å². The first-order chi connectivity index (χ1) is 33.0. The van der Waals surface area contributed by atoms with Crippen LogP contribution in [-0.4, -0.2) is 37.2 Å². The number of hydrogen-bond acceptors (Lipinski definition) is 6. The first-order valence-electron chi connectivity index (χ1n) is 27.4. The molecule has 0 saturated heterocycles. The second kappa shape index (κ2) is 54.7. The molecule has 0 aliphatic rings. The predicted molar refractivity (Wildman–Crippen MR) is 288 cm³/mol. The lowest BCUT2D eigenvalue weighted by molar-refractivity contribution is -0.167. The average molecular weight is 929 g/mol. The standard InChI is InChI=1S/C61H100O6/c1-4-7-10-13-16-19-22-25-28-30-33-36-39-42-45-48-51-54-60(63)66-57-58(56-65-59(62)53-50-47-44-41-38-35-32-27-24-21-18-15-12-9-6-3)67-61(64)55-52-49-46-43-40-37-34-31-29-26-23-20-17-14-11-8-5-2/h8-9,11-12,17-18,20-21,25-29,32,34,37-38,41,58H,4-7,10,13-16,19,22-24,30-31,33,35-36,39-40,42-57H2,1-3H3/b11-8-,12-9-,20-17-,21-18-,28-25-,29-26-,32-27-,37-34-,41-38-/t58-/m1/s1. The van der Waals surface area contributed by atoms with Crippen LogP contribution in [0.4, 0.5) is 0 Å². The molecule has 0 aliphatic carbocycles. The van der Waals surface area contributed by atoms with E-state index in [2.05, 4.69) is 130 Å². The van der Waals surface area contributed by atoms with E-state index in [4.69, 9.17) is 14.2 Å². The van der Waals surface area contributed by atoms with Crippen molar-refractivity contribution in [2.24, 2.45) is 0 Å². The maximum Gasteiger partial charge on any atom is 0.306 e. The van der Waals surface area contributed by atoms with Gasteiger partial charge in [-0.3, -0.25) is 14.4 Å². The van der Waals surface area contributed by atoms with Crippen molar-refractivity contribution in [1.29, 1.82) is 0 Å². The van der Waals surface area contributed by atoms with Gasteiger partial charge in [-0.05, 0) is 122 Å². The number of esters is 3. The first kappa shape index (κ1) is 63.1. The zero-order valence-electron chi connectivity index (χ0n) is 43.4. The van der Waals surface area contributed by atoms with Gasteiger partial charge in [0.05, 0.1) is 0 Å². The molecule has 0 fully saturated rings. The van der Waals surface area contributed by atoms with Crippen LogP contribution in [0.25, 0.3) is 0 Å². The number of carbonyl (C=O) groups is 3. The largest absolute Gasteiger partial charge is 0.462 e. The van der Waals surface area contributed by atoms with E-state index < -0.39 is 6.10 Å². The Balaban J connectivity index is 4.51. The van der Waals surface area contributed by atoms with E-state index in [1.165, 1.54) is 77.0 Å². The molecule has 67 heavy (non-hydrogen) atoms. The van der Waals surface area contributed by atoms with Crippen molar-refractivity contribution in [2.75, 3.05) is 13.2 Å². The minimum absolute atomic E-state index is 0.105. The molecule has 0 aliphatic heterocycles. The van der Waals surface area contributed by atoms with E-state index in [1.807, 2.05) is 0 Å². The van der Waals surface area contributed by atoms with Gasteiger partial charge in [-0.25, -0.2) is 0 Å². The molecule has 0 heterocycles. The molecule has 0 aromatic rings. The van der Waals surface area contributed by atoms with Crippen molar-refractivity contribution in [2.45, 2.75) is 245 Å². The second-order valence-electron chi connectivity index (χ2n) is 17.7. The number of allylic oxidation sites excluding steroid dienone is 18. The zero-order valence-corrected chi connectivity index (χ0v) is 43.4. The van der Waals surface area contributed by atoms with E-state index >= 15 is 0 Å². The predicted octanol–water partition coefficient (Wildman–Crippen LogP) is 18.3. The fourth-order valence-corrected chi connectivity index (χ4v) is 7.18. The molecular formula is C61H100O6. The van der Waals surface area contributed by atoms with Gasteiger partial charge in [-0.2, -0.15) is 0 Å². The van der Waals surface area contributed by atoms with Gasteiger partial charge in [-0.15, -0.1) is 0 Å². The molecule has 0 rings (SSSR count). The van der Waals surface area contributed by atoms with E-state index in [0.29, 0.717) is 19.3 Å². The fraction of sp³-hybridized carbons (Fsp3) is 0.656. The maximum absolute atomic E-state index is 12.8.